The number of carboxylic acid groups (broad SMARTS) is 1. The molecule has 2 rings (SSSR count). The molecule has 1 aliphatic carbocycles. The van der Waals surface area contributed by atoms with Crippen LogP contribution in [0.1, 0.15) is 31.7 Å². The fraction of sp³-hybridized carbons (Fsp3) is 0.462. The average Bonchev–Trinajstić information content (AvgIpc) is 2.82. The van der Waals surface area contributed by atoms with Crippen LogP contribution in [0.15, 0.2) is 12.3 Å². The van der Waals surface area contributed by atoms with Crippen molar-refractivity contribution >= 4 is 17.5 Å². The van der Waals surface area contributed by atoms with E-state index in [4.69, 9.17) is 5.26 Å². The zero-order valence-corrected chi connectivity index (χ0v) is 11.4. The lowest BCUT2D eigenvalue weighted by molar-refractivity contribution is -0.384. The highest BCUT2D eigenvalue weighted by atomic mass is 16.6. The molecule has 1 aliphatic rings. The van der Waals surface area contributed by atoms with E-state index >= 15 is 0 Å². The van der Waals surface area contributed by atoms with Crippen molar-refractivity contribution in [2.75, 3.05) is 5.32 Å². The molecule has 1 aromatic rings. The topological polar surface area (TPSA) is 129 Å². The first-order chi connectivity index (χ1) is 9.88. The fourth-order valence-electron chi connectivity index (χ4n) is 2.58. The molecule has 0 aliphatic heterocycles. The molecule has 110 valence electrons. The first-order valence-corrected chi connectivity index (χ1v) is 6.43. The summed E-state index contributed by atoms with van der Waals surface area (Å²) < 4.78 is 0. The van der Waals surface area contributed by atoms with Gasteiger partial charge in [0.05, 0.1) is 15.9 Å². The molecule has 2 N–H and O–H groups in total. The summed E-state index contributed by atoms with van der Waals surface area (Å²) in [6.07, 6.45) is 3.05. The molecule has 1 aromatic heterocycles. The SMILES string of the molecule is CC1(C(=O)O)CCCC1Nc1ncc(C#N)cc1[N+](=O)[O-]. The minimum Gasteiger partial charge on any atom is -0.481 e. The lowest BCUT2D eigenvalue weighted by atomic mass is 9.85. The van der Waals surface area contributed by atoms with Crippen LogP contribution in [0.25, 0.3) is 0 Å². The highest BCUT2D eigenvalue weighted by Crippen LogP contribution is 2.40. The van der Waals surface area contributed by atoms with Gasteiger partial charge in [-0.2, -0.15) is 5.26 Å². The highest BCUT2D eigenvalue weighted by Gasteiger charge is 2.46. The van der Waals surface area contributed by atoms with E-state index in [0.29, 0.717) is 12.8 Å². The standard InChI is InChI=1S/C13H14N4O4/c1-13(12(18)19)4-2-3-10(13)16-11-9(17(20)21)5-8(6-14)7-15-11/h5,7,10H,2-4H2,1H3,(H,15,16)(H,18,19). The predicted molar refractivity (Wildman–Crippen MR) is 72.6 cm³/mol. The Hall–Kier alpha value is -2.69. The first-order valence-electron chi connectivity index (χ1n) is 6.43. The molecule has 1 saturated carbocycles. The number of hydrogen-bond acceptors (Lipinski definition) is 6. The smallest absolute Gasteiger partial charge is 0.312 e. The highest BCUT2D eigenvalue weighted by molar-refractivity contribution is 5.76. The molecule has 0 aromatic carbocycles. The molecule has 2 unspecified atom stereocenters. The Balaban J connectivity index is 2.34. The normalized spacial score (nSPS) is 24.3. The summed E-state index contributed by atoms with van der Waals surface area (Å²) in [7, 11) is 0. The summed E-state index contributed by atoms with van der Waals surface area (Å²) in [4.78, 5) is 25.7. The van der Waals surface area contributed by atoms with Crippen LogP contribution >= 0.6 is 0 Å². The molecular weight excluding hydrogens is 276 g/mol. The lowest BCUT2D eigenvalue weighted by Gasteiger charge is -2.27. The third-order valence-corrected chi connectivity index (χ3v) is 3.95. The second-order valence-corrected chi connectivity index (χ2v) is 5.27. The Morgan fingerprint density at radius 3 is 3.00 bits per heavy atom. The van der Waals surface area contributed by atoms with Crippen molar-refractivity contribution in [1.29, 1.82) is 5.26 Å². The van der Waals surface area contributed by atoms with Crippen molar-refractivity contribution in [3.8, 4) is 6.07 Å². The molecule has 8 nitrogen and oxygen atoms in total. The number of nitro groups is 1. The van der Waals surface area contributed by atoms with Gasteiger partial charge in [-0.15, -0.1) is 0 Å². The van der Waals surface area contributed by atoms with Crippen LogP contribution < -0.4 is 5.32 Å². The third-order valence-electron chi connectivity index (χ3n) is 3.95. The molecule has 0 spiro atoms. The molecular formula is C13H14N4O4. The van der Waals surface area contributed by atoms with Gasteiger partial charge in [-0.1, -0.05) is 6.42 Å². The molecule has 2 atom stereocenters. The van der Waals surface area contributed by atoms with Crippen LogP contribution in [0.5, 0.6) is 0 Å². The van der Waals surface area contributed by atoms with Crippen LogP contribution in [-0.2, 0) is 4.79 Å². The molecule has 1 heterocycles. The van der Waals surface area contributed by atoms with E-state index in [0.717, 1.165) is 12.5 Å². The van der Waals surface area contributed by atoms with Gasteiger partial charge in [0.15, 0.2) is 0 Å². The summed E-state index contributed by atoms with van der Waals surface area (Å²) in [6.45, 7) is 1.62. The van der Waals surface area contributed by atoms with Crippen molar-refractivity contribution in [3.05, 3.63) is 27.9 Å². The molecule has 0 bridgehead atoms. The van der Waals surface area contributed by atoms with E-state index in [1.54, 1.807) is 13.0 Å². The maximum atomic E-state index is 11.4. The molecule has 0 amide bonds. The molecule has 21 heavy (non-hydrogen) atoms. The number of anilines is 1. The van der Waals surface area contributed by atoms with Gasteiger partial charge in [-0.3, -0.25) is 14.9 Å². The average molecular weight is 290 g/mol. The molecule has 0 saturated heterocycles. The number of hydrogen-bond donors (Lipinski definition) is 2. The number of rotatable bonds is 4. The minimum absolute atomic E-state index is 0.00150. The van der Waals surface area contributed by atoms with Gasteiger partial charge in [0.2, 0.25) is 5.82 Å². The van der Waals surface area contributed by atoms with Gasteiger partial charge >= 0.3 is 11.7 Å². The van der Waals surface area contributed by atoms with Gasteiger partial charge in [0, 0.05) is 18.3 Å². The number of pyridine rings is 1. The monoisotopic (exact) mass is 290 g/mol. The number of nitrogens with one attached hydrogen (secondary N) is 1. The van der Waals surface area contributed by atoms with Crippen LogP contribution in [0.4, 0.5) is 11.5 Å². The first kappa shape index (κ1) is 14.7. The van der Waals surface area contributed by atoms with Crippen molar-refractivity contribution < 1.29 is 14.8 Å². The number of nitriles is 1. The number of carboxylic acids is 1. The summed E-state index contributed by atoms with van der Waals surface area (Å²) >= 11 is 0. The summed E-state index contributed by atoms with van der Waals surface area (Å²) in [5.41, 5.74) is -1.22. The largest absolute Gasteiger partial charge is 0.481 e. The lowest BCUT2D eigenvalue weighted by Crippen LogP contribution is -2.40. The Bertz CT molecular complexity index is 640. The number of aliphatic carboxylic acids is 1. The Morgan fingerprint density at radius 2 is 2.43 bits per heavy atom. The van der Waals surface area contributed by atoms with Crippen LogP contribution in [0, 0.1) is 26.9 Å². The van der Waals surface area contributed by atoms with Crippen molar-refractivity contribution in [1.82, 2.24) is 4.98 Å². The van der Waals surface area contributed by atoms with Gasteiger partial charge in [-0.25, -0.2) is 4.98 Å². The number of aromatic nitrogens is 1. The molecule has 0 radical (unpaired) electrons. The Morgan fingerprint density at radius 1 is 1.71 bits per heavy atom. The second-order valence-electron chi connectivity index (χ2n) is 5.27. The minimum atomic E-state index is -0.983. The zero-order chi connectivity index (χ0) is 15.6. The quantitative estimate of drug-likeness (QED) is 0.640. The number of nitrogens with zero attached hydrogens (tertiary/aromatic N) is 3. The van der Waals surface area contributed by atoms with E-state index < -0.39 is 22.3 Å². The summed E-state index contributed by atoms with van der Waals surface area (Å²) in [5.74, 6) is -0.938. The fourth-order valence-corrected chi connectivity index (χ4v) is 2.58. The Kier molecular flexibility index (Phi) is 3.76. The summed E-state index contributed by atoms with van der Waals surface area (Å²) in [6, 6.07) is 2.48. The van der Waals surface area contributed by atoms with Gasteiger partial charge < -0.3 is 10.4 Å². The van der Waals surface area contributed by atoms with Crippen molar-refractivity contribution in [3.63, 3.8) is 0 Å². The second kappa shape index (κ2) is 5.36. The molecule has 8 heteroatoms. The van der Waals surface area contributed by atoms with Crippen LogP contribution in [-0.4, -0.2) is 27.0 Å². The molecule has 1 fully saturated rings. The van der Waals surface area contributed by atoms with E-state index in [2.05, 4.69) is 10.3 Å². The van der Waals surface area contributed by atoms with E-state index in [1.165, 1.54) is 6.20 Å². The maximum absolute atomic E-state index is 11.4. The maximum Gasteiger partial charge on any atom is 0.312 e. The Labute approximate surface area is 120 Å². The summed E-state index contributed by atoms with van der Waals surface area (Å²) in [5, 5.41) is 32.0. The van der Waals surface area contributed by atoms with Gasteiger partial charge in [-0.05, 0) is 19.8 Å². The van der Waals surface area contributed by atoms with E-state index in [1.807, 2.05) is 0 Å². The zero-order valence-electron chi connectivity index (χ0n) is 11.4. The van der Waals surface area contributed by atoms with Crippen LogP contribution in [0.2, 0.25) is 0 Å². The van der Waals surface area contributed by atoms with Gasteiger partial charge in [0.1, 0.15) is 6.07 Å². The van der Waals surface area contributed by atoms with Crippen molar-refractivity contribution in [2.24, 2.45) is 5.41 Å². The third kappa shape index (κ3) is 2.63. The van der Waals surface area contributed by atoms with Crippen molar-refractivity contribution in [2.45, 2.75) is 32.2 Å². The van der Waals surface area contributed by atoms with Crippen LogP contribution in [0.3, 0.4) is 0 Å². The predicted octanol–water partition coefficient (Wildman–Crippen LogP) is 1.92. The number of carbonyl (C=O) groups is 1. The van der Waals surface area contributed by atoms with E-state index in [-0.39, 0.29) is 17.1 Å². The van der Waals surface area contributed by atoms with Gasteiger partial charge in [0.25, 0.3) is 0 Å². The van der Waals surface area contributed by atoms with E-state index in [9.17, 15) is 20.0 Å².